The van der Waals surface area contributed by atoms with Crippen molar-refractivity contribution in [1.29, 1.82) is 0 Å². The van der Waals surface area contributed by atoms with E-state index in [1.54, 1.807) is 7.05 Å². The molecule has 0 aliphatic heterocycles. The Morgan fingerprint density at radius 2 is 2.20 bits per heavy atom. The van der Waals surface area contributed by atoms with Crippen LogP contribution in [0, 0.1) is 0 Å². The zero-order valence-electron chi connectivity index (χ0n) is 6.53. The first kappa shape index (κ1) is 9.23. The molecule has 0 atom stereocenters. The molecule has 0 heterocycles. The lowest BCUT2D eigenvalue weighted by Gasteiger charge is -2.04. The number of carbonyl (C=O) groups is 1. The first-order valence-corrected chi connectivity index (χ1v) is 3.51. The summed E-state index contributed by atoms with van der Waals surface area (Å²) < 4.78 is 0. The van der Waals surface area contributed by atoms with Gasteiger partial charge in [-0.2, -0.15) is 0 Å². The average Bonchev–Trinajstić information content (AvgIpc) is 1.98. The van der Waals surface area contributed by atoms with Crippen LogP contribution < -0.4 is 16.2 Å². The normalized spacial score (nSPS) is 9.00. The molecule has 0 fully saturated rings. The Balaban J connectivity index is 2.96. The summed E-state index contributed by atoms with van der Waals surface area (Å²) in [7, 11) is 1.58. The van der Waals surface area contributed by atoms with Crippen molar-refractivity contribution >= 4 is 6.03 Å². The van der Waals surface area contributed by atoms with E-state index in [1.165, 1.54) is 0 Å². The molecule has 0 saturated heterocycles. The third-order valence-electron chi connectivity index (χ3n) is 1.08. The molecule has 0 aromatic heterocycles. The highest BCUT2D eigenvalue weighted by atomic mass is 16.2. The molecule has 4 heteroatoms. The van der Waals surface area contributed by atoms with Gasteiger partial charge in [-0.25, -0.2) is 10.2 Å². The number of amides is 2. The average molecular weight is 145 g/mol. The van der Waals surface area contributed by atoms with E-state index in [-0.39, 0.29) is 6.03 Å². The Hall–Kier alpha value is -0.770. The van der Waals surface area contributed by atoms with Crippen molar-refractivity contribution in [2.24, 2.45) is 0 Å². The molecule has 0 unspecified atom stereocenters. The largest absolute Gasteiger partial charge is 0.340 e. The molecule has 0 spiro atoms. The lowest BCUT2D eigenvalue weighted by Crippen LogP contribution is -2.43. The highest BCUT2D eigenvalue weighted by Gasteiger charge is 1.90. The fraction of sp³-hybridized carbons (Fsp3) is 0.833. The van der Waals surface area contributed by atoms with E-state index < -0.39 is 0 Å². The summed E-state index contributed by atoms with van der Waals surface area (Å²) in [5.74, 6) is 0. The van der Waals surface area contributed by atoms with E-state index in [2.05, 4.69) is 23.1 Å². The number of carbonyl (C=O) groups excluding carboxylic acids is 1. The summed E-state index contributed by atoms with van der Waals surface area (Å²) in [6.07, 6.45) is 2.20. The van der Waals surface area contributed by atoms with Gasteiger partial charge < -0.3 is 5.32 Å². The van der Waals surface area contributed by atoms with Crippen molar-refractivity contribution < 1.29 is 4.79 Å². The molecular weight excluding hydrogens is 130 g/mol. The van der Waals surface area contributed by atoms with Gasteiger partial charge in [0.15, 0.2) is 0 Å². The van der Waals surface area contributed by atoms with Crippen LogP contribution in [-0.4, -0.2) is 19.6 Å². The minimum Gasteiger partial charge on any atom is -0.340 e. The van der Waals surface area contributed by atoms with E-state index in [9.17, 15) is 4.79 Å². The van der Waals surface area contributed by atoms with Crippen LogP contribution in [0.5, 0.6) is 0 Å². The summed E-state index contributed by atoms with van der Waals surface area (Å²) in [6, 6.07) is -0.198. The van der Waals surface area contributed by atoms with E-state index in [4.69, 9.17) is 0 Å². The van der Waals surface area contributed by atoms with Crippen molar-refractivity contribution in [3.05, 3.63) is 0 Å². The standard InChI is InChI=1S/C6H15N3O/c1-3-4-5-8-9-6(10)7-2/h8H,3-5H2,1-2H3,(H2,7,9,10). The maximum absolute atomic E-state index is 10.5. The van der Waals surface area contributed by atoms with Crippen LogP contribution in [0.2, 0.25) is 0 Å². The molecule has 0 bridgehead atoms. The Labute approximate surface area is 61.3 Å². The molecule has 60 valence electrons. The molecule has 3 N–H and O–H groups in total. The lowest BCUT2D eigenvalue weighted by atomic mass is 10.3. The van der Waals surface area contributed by atoms with Gasteiger partial charge in [-0.1, -0.05) is 13.3 Å². The Bertz CT molecular complexity index is 95.0. The minimum atomic E-state index is -0.198. The summed E-state index contributed by atoms with van der Waals surface area (Å²) in [5.41, 5.74) is 5.24. The van der Waals surface area contributed by atoms with Crippen molar-refractivity contribution in [1.82, 2.24) is 16.2 Å². The van der Waals surface area contributed by atoms with Crippen LogP contribution in [0.25, 0.3) is 0 Å². The summed E-state index contributed by atoms with van der Waals surface area (Å²) >= 11 is 0. The van der Waals surface area contributed by atoms with E-state index in [1.807, 2.05) is 0 Å². The first-order valence-electron chi connectivity index (χ1n) is 3.51. The molecule has 10 heavy (non-hydrogen) atoms. The third-order valence-corrected chi connectivity index (χ3v) is 1.08. The molecule has 0 aliphatic carbocycles. The van der Waals surface area contributed by atoms with Crippen LogP contribution in [-0.2, 0) is 0 Å². The molecule has 0 rings (SSSR count). The van der Waals surface area contributed by atoms with Gasteiger partial charge in [-0.3, -0.25) is 5.43 Å². The van der Waals surface area contributed by atoms with Gasteiger partial charge in [0.1, 0.15) is 0 Å². The van der Waals surface area contributed by atoms with Crippen LogP contribution in [0.4, 0.5) is 4.79 Å². The van der Waals surface area contributed by atoms with Gasteiger partial charge >= 0.3 is 6.03 Å². The Morgan fingerprint density at radius 3 is 2.70 bits per heavy atom. The summed E-state index contributed by atoms with van der Waals surface area (Å²) in [6.45, 7) is 2.92. The second kappa shape index (κ2) is 6.35. The molecular formula is C6H15N3O. The predicted octanol–water partition coefficient (Wildman–Crippen LogP) is 0.220. The van der Waals surface area contributed by atoms with Crippen LogP contribution in [0.15, 0.2) is 0 Å². The quantitative estimate of drug-likeness (QED) is 0.391. The molecule has 0 radical (unpaired) electrons. The second-order valence-corrected chi connectivity index (χ2v) is 1.98. The van der Waals surface area contributed by atoms with Gasteiger partial charge in [0.2, 0.25) is 0 Å². The monoisotopic (exact) mass is 145 g/mol. The maximum atomic E-state index is 10.5. The van der Waals surface area contributed by atoms with Crippen LogP contribution in [0.1, 0.15) is 19.8 Å². The zero-order chi connectivity index (χ0) is 7.82. The minimum absolute atomic E-state index is 0.198. The van der Waals surface area contributed by atoms with Crippen molar-refractivity contribution in [3.63, 3.8) is 0 Å². The zero-order valence-corrected chi connectivity index (χ0v) is 6.53. The molecule has 0 saturated carbocycles. The fourth-order valence-corrected chi connectivity index (χ4v) is 0.470. The van der Waals surface area contributed by atoms with E-state index in [0.717, 1.165) is 19.4 Å². The fourth-order valence-electron chi connectivity index (χ4n) is 0.470. The molecule has 2 amide bonds. The number of hydrazine groups is 1. The molecule has 0 aromatic carbocycles. The number of nitrogens with one attached hydrogen (secondary N) is 3. The third kappa shape index (κ3) is 5.37. The van der Waals surface area contributed by atoms with Crippen LogP contribution in [0.3, 0.4) is 0 Å². The summed E-state index contributed by atoms with van der Waals surface area (Å²) in [4.78, 5) is 10.5. The number of rotatable bonds is 4. The van der Waals surface area contributed by atoms with Gasteiger partial charge in [0.05, 0.1) is 0 Å². The number of hydrogen-bond acceptors (Lipinski definition) is 2. The second-order valence-electron chi connectivity index (χ2n) is 1.98. The molecule has 0 aliphatic rings. The van der Waals surface area contributed by atoms with E-state index >= 15 is 0 Å². The number of hydrogen-bond donors (Lipinski definition) is 3. The van der Waals surface area contributed by atoms with Gasteiger partial charge in [0, 0.05) is 13.6 Å². The topological polar surface area (TPSA) is 53.2 Å². The highest BCUT2D eigenvalue weighted by molar-refractivity contribution is 5.72. The SMILES string of the molecule is CCCCNNC(=O)NC. The Morgan fingerprint density at radius 1 is 1.50 bits per heavy atom. The first-order chi connectivity index (χ1) is 4.81. The molecule has 4 nitrogen and oxygen atoms in total. The van der Waals surface area contributed by atoms with E-state index in [0.29, 0.717) is 0 Å². The van der Waals surface area contributed by atoms with Gasteiger partial charge in [-0.15, -0.1) is 0 Å². The van der Waals surface area contributed by atoms with Crippen molar-refractivity contribution in [2.45, 2.75) is 19.8 Å². The number of unbranched alkanes of at least 4 members (excludes halogenated alkanes) is 1. The van der Waals surface area contributed by atoms with Gasteiger partial charge in [0.25, 0.3) is 0 Å². The smallest absolute Gasteiger partial charge is 0.328 e. The van der Waals surface area contributed by atoms with Crippen molar-refractivity contribution in [3.8, 4) is 0 Å². The maximum Gasteiger partial charge on any atom is 0.328 e. The van der Waals surface area contributed by atoms with Gasteiger partial charge in [-0.05, 0) is 6.42 Å². The highest BCUT2D eigenvalue weighted by Crippen LogP contribution is 1.79. The lowest BCUT2D eigenvalue weighted by molar-refractivity contribution is 0.238. The number of urea groups is 1. The predicted molar refractivity (Wildman–Crippen MR) is 40.5 cm³/mol. The van der Waals surface area contributed by atoms with Crippen molar-refractivity contribution in [2.75, 3.05) is 13.6 Å². The molecule has 0 aromatic rings. The van der Waals surface area contributed by atoms with Crippen LogP contribution >= 0.6 is 0 Å². The Kier molecular flexibility index (Phi) is 5.86. The summed E-state index contributed by atoms with van der Waals surface area (Å²) in [5, 5.41) is 2.43.